The SMILES string of the molecule is COC[C@@H](C)NS(=O)(=O)c1ccc(NCc2ccccc2Cl)c([N+](=O)[O-])c1. The lowest BCUT2D eigenvalue weighted by Gasteiger charge is -2.14. The Labute approximate surface area is 162 Å². The molecule has 0 aliphatic rings. The zero-order valence-corrected chi connectivity index (χ0v) is 16.4. The van der Waals surface area contributed by atoms with Crippen LogP contribution in [-0.4, -0.2) is 33.1 Å². The molecule has 0 aliphatic carbocycles. The van der Waals surface area contributed by atoms with Gasteiger partial charge in [0.05, 0.1) is 16.4 Å². The molecule has 27 heavy (non-hydrogen) atoms. The van der Waals surface area contributed by atoms with Crippen LogP contribution in [0.3, 0.4) is 0 Å². The van der Waals surface area contributed by atoms with Gasteiger partial charge in [0.25, 0.3) is 5.69 Å². The van der Waals surface area contributed by atoms with Crippen molar-refractivity contribution < 1.29 is 18.1 Å². The maximum atomic E-state index is 12.4. The molecule has 2 rings (SSSR count). The predicted octanol–water partition coefficient (Wildman–Crippen LogP) is 3.17. The first kappa shape index (κ1) is 21.1. The number of sulfonamides is 1. The van der Waals surface area contributed by atoms with Crippen LogP contribution in [0.1, 0.15) is 12.5 Å². The van der Waals surface area contributed by atoms with E-state index in [1.54, 1.807) is 31.2 Å². The number of hydrogen-bond donors (Lipinski definition) is 2. The average Bonchev–Trinajstić information content (AvgIpc) is 2.60. The van der Waals surface area contributed by atoms with Gasteiger partial charge < -0.3 is 10.1 Å². The van der Waals surface area contributed by atoms with Gasteiger partial charge in [-0.2, -0.15) is 0 Å². The Morgan fingerprint density at radius 2 is 1.96 bits per heavy atom. The van der Waals surface area contributed by atoms with Gasteiger partial charge in [-0.3, -0.25) is 10.1 Å². The number of nitrogens with zero attached hydrogens (tertiary/aromatic N) is 1. The van der Waals surface area contributed by atoms with Crippen LogP contribution in [0.2, 0.25) is 5.02 Å². The Hall–Kier alpha value is -2.20. The molecular formula is C17H20ClN3O5S. The van der Waals surface area contributed by atoms with Crippen LogP contribution < -0.4 is 10.0 Å². The van der Waals surface area contributed by atoms with Gasteiger partial charge in [-0.15, -0.1) is 0 Å². The fourth-order valence-electron chi connectivity index (χ4n) is 2.43. The summed E-state index contributed by atoms with van der Waals surface area (Å²) in [6.07, 6.45) is 0. The van der Waals surface area contributed by atoms with E-state index in [-0.39, 0.29) is 29.4 Å². The summed E-state index contributed by atoms with van der Waals surface area (Å²) in [4.78, 5) is 10.6. The first-order valence-electron chi connectivity index (χ1n) is 8.01. The van der Waals surface area contributed by atoms with E-state index in [9.17, 15) is 18.5 Å². The van der Waals surface area contributed by atoms with E-state index in [1.807, 2.05) is 0 Å². The van der Waals surface area contributed by atoms with Crippen LogP contribution >= 0.6 is 11.6 Å². The molecule has 2 aromatic carbocycles. The Morgan fingerprint density at radius 3 is 2.59 bits per heavy atom. The highest BCUT2D eigenvalue weighted by Crippen LogP contribution is 2.28. The third-order valence-electron chi connectivity index (χ3n) is 3.68. The third kappa shape index (κ3) is 5.64. The molecule has 8 nitrogen and oxygen atoms in total. The summed E-state index contributed by atoms with van der Waals surface area (Å²) in [5.74, 6) is 0. The summed E-state index contributed by atoms with van der Waals surface area (Å²) < 4.78 is 32.1. The van der Waals surface area contributed by atoms with E-state index >= 15 is 0 Å². The van der Waals surface area contributed by atoms with Crippen LogP contribution in [0.5, 0.6) is 0 Å². The number of methoxy groups -OCH3 is 1. The second-order valence-electron chi connectivity index (χ2n) is 5.86. The van der Waals surface area contributed by atoms with Gasteiger partial charge >= 0.3 is 0 Å². The molecule has 0 aromatic heterocycles. The molecule has 0 amide bonds. The molecule has 0 saturated heterocycles. The lowest BCUT2D eigenvalue weighted by molar-refractivity contribution is -0.384. The lowest BCUT2D eigenvalue weighted by atomic mass is 10.2. The molecule has 0 bridgehead atoms. The number of anilines is 1. The molecule has 0 unspecified atom stereocenters. The Bertz CT molecular complexity index is 921. The van der Waals surface area contributed by atoms with Gasteiger partial charge in [0.1, 0.15) is 5.69 Å². The number of hydrogen-bond acceptors (Lipinski definition) is 6. The van der Waals surface area contributed by atoms with Crippen molar-refractivity contribution in [2.75, 3.05) is 19.0 Å². The van der Waals surface area contributed by atoms with Crippen molar-refractivity contribution in [1.29, 1.82) is 0 Å². The number of nitro groups is 1. The van der Waals surface area contributed by atoms with Crippen LogP contribution in [0.4, 0.5) is 11.4 Å². The van der Waals surface area contributed by atoms with Crippen molar-refractivity contribution in [3.8, 4) is 0 Å². The fourth-order valence-corrected chi connectivity index (χ4v) is 3.88. The van der Waals surface area contributed by atoms with Crippen molar-refractivity contribution in [3.63, 3.8) is 0 Å². The van der Waals surface area contributed by atoms with E-state index in [0.717, 1.165) is 11.6 Å². The fraction of sp³-hybridized carbons (Fsp3) is 0.294. The lowest BCUT2D eigenvalue weighted by Crippen LogP contribution is -2.35. The third-order valence-corrected chi connectivity index (χ3v) is 5.63. The topological polar surface area (TPSA) is 111 Å². The summed E-state index contributed by atoms with van der Waals surface area (Å²) in [6.45, 7) is 2.07. The normalized spacial score (nSPS) is 12.6. The van der Waals surface area contributed by atoms with Crippen LogP contribution in [0.15, 0.2) is 47.4 Å². The number of nitro benzene ring substituents is 1. The highest BCUT2D eigenvalue weighted by atomic mass is 35.5. The molecular weight excluding hydrogens is 394 g/mol. The standard InChI is InChI=1S/C17H20ClN3O5S/c1-12(11-26-2)20-27(24,25)14-7-8-16(17(9-14)21(22)23)19-10-13-5-3-4-6-15(13)18/h3-9,12,19-20H,10-11H2,1-2H3/t12-/m1/s1. The average molecular weight is 414 g/mol. The van der Waals surface area contributed by atoms with Crippen molar-refractivity contribution in [3.05, 3.63) is 63.2 Å². The summed E-state index contributed by atoms with van der Waals surface area (Å²) in [6, 6.07) is 10.3. The van der Waals surface area contributed by atoms with E-state index < -0.39 is 21.0 Å². The smallest absolute Gasteiger partial charge is 0.293 e. The minimum Gasteiger partial charge on any atom is -0.383 e. The minimum atomic E-state index is -3.91. The Morgan fingerprint density at radius 1 is 1.26 bits per heavy atom. The zero-order chi connectivity index (χ0) is 20.0. The van der Waals surface area contributed by atoms with Crippen molar-refractivity contribution >= 4 is 33.0 Å². The quantitative estimate of drug-likeness (QED) is 0.482. The first-order chi connectivity index (χ1) is 12.7. The molecule has 0 radical (unpaired) electrons. The summed E-state index contributed by atoms with van der Waals surface area (Å²) in [5.41, 5.74) is 0.619. The molecule has 1 atom stereocenters. The Balaban J connectivity index is 2.26. The molecule has 0 fully saturated rings. The van der Waals surface area contributed by atoms with Gasteiger partial charge in [-0.25, -0.2) is 13.1 Å². The molecule has 0 saturated carbocycles. The zero-order valence-electron chi connectivity index (χ0n) is 14.8. The highest BCUT2D eigenvalue weighted by Gasteiger charge is 2.23. The predicted molar refractivity (Wildman–Crippen MR) is 104 cm³/mol. The van der Waals surface area contributed by atoms with Gasteiger partial charge in [0.15, 0.2) is 0 Å². The number of ether oxygens (including phenoxy) is 1. The van der Waals surface area contributed by atoms with Crippen molar-refractivity contribution in [1.82, 2.24) is 4.72 Å². The van der Waals surface area contributed by atoms with Gasteiger partial charge in [0, 0.05) is 30.8 Å². The number of benzene rings is 2. The van der Waals surface area contributed by atoms with Gasteiger partial charge in [-0.1, -0.05) is 29.8 Å². The molecule has 0 aliphatic heterocycles. The molecule has 0 spiro atoms. The summed E-state index contributed by atoms with van der Waals surface area (Å²) >= 11 is 6.08. The Kier molecular flexibility index (Phi) is 7.14. The number of rotatable bonds is 9. The first-order valence-corrected chi connectivity index (χ1v) is 9.87. The monoisotopic (exact) mass is 413 g/mol. The van der Waals surface area contributed by atoms with Crippen LogP contribution in [-0.2, 0) is 21.3 Å². The summed E-state index contributed by atoms with van der Waals surface area (Å²) in [5, 5.41) is 14.9. The number of halogens is 1. The molecule has 10 heteroatoms. The van der Waals surface area contributed by atoms with E-state index in [1.165, 1.54) is 19.2 Å². The molecule has 2 N–H and O–H groups in total. The maximum Gasteiger partial charge on any atom is 0.293 e. The van der Waals surface area contributed by atoms with Gasteiger partial charge in [-0.05, 0) is 30.7 Å². The molecule has 0 heterocycles. The maximum absolute atomic E-state index is 12.4. The van der Waals surface area contributed by atoms with Gasteiger partial charge in [0.2, 0.25) is 10.0 Å². The van der Waals surface area contributed by atoms with Crippen molar-refractivity contribution in [2.45, 2.75) is 24.4 Å². The second-order valence-corrected chi connectivity index (χ2v) is 7.98. The number of nitrogens with one attached hydrogen (secondary N) is 2. The van der Waals surface area contributed by atoms with E-state index in [2.05, 4.69) is 10.0 Å². The van der Waals surface area contributed by atoms with E-state index in [4.69, 9.17) is 16.3 Å². The molecule has 2 aromatic rings. The summed E-state index contributed by atoms with van der Waals surface area (Å²) in [7, 11) is -2.46. The van der Waals surface area contributed by atoms with Crippen molar-refractivity contribution in [2.24, 2.45) is 0 Å². The largest absolute Gasteiger partial charge is 0.383 e. The second kappa shape index (κ2) is 9.14. The van der Waals surface area contributed by atoms with E-state index in [0.29, 0.717) is 5.02 Å². The van der Waals surface area contributed by atoms with Crippen LogP contribution in [0, 0.1) is 10.1 Å². The molecule has 146 valence electrons. The minimum absolute atomic E-state index is 0.179. The highest BCUT2D eigenvalue weighted by molar-refractivity contribution is 7.89. The van der Waals surface area contributed by atoms with Crippen LogP contribution in [0.25, 0.3) is 0 Å².